The van der Waals surface area contributed by atoms with Crippen molar-refractivity contribution in [2.45, 2.75) is 40.5 Å². The molecule has 0 aromatic carbocycles. The Morgan fingerprint density at radius 1 is 1.47 bits per heavy atom. The van der Waals surface area contributed by atoms with Gasteiger partial charge in [0.15, 0.2) is 5.82 Å². The maximum absolute atomic E-state index is 3.93. The number of tetrazole rings is 1. The average Bonchev–Trinajstić information content (AvgIpc) is 2.80. The minimum Gasteiger partial charge on any atom is -0.177 e. The molecule has 19 heavy (non-hydrogen) atoms. The summed E-state index contributed by atoms with van der Waals surface area (Å²) in [6.07, 6.45) is 11.2. The van der Waals surface area contributed by atoms with E-state index in [1.54, 1.807) is 0 Å². The normalized spacial score (nSPS) is 23.7. The largest absolute Gasteiger partial charge is 0.197 e. The Bertz CT molecular complexity index is 506. The molecule has 0 bridgehead atoms. The van der Waals surface area contributed by atoms with E-state index in [-0.39, 0.29) is 0 Å². The number of nitrogens with one attached hydrogen (secondary N) is 1. The van der Waals surface area contributed by atoms with Crippen LogP contribution in [0.25, 0.3) is 6.08 Å². The zero-order chi connectivity index (χ0) is 13.9. The summed E-state index contributed by atoms with van der Waals surface area (Å²) in [6, 6.07) is 0. The number of nitrogens with zero attached hydrogens (tertiary/aromatic N) is 3. The fourth-order valence-electron chi connectivity index (χ4n) is 2.71. The summed E-state index contributed by atoms with van der Waals surface area (Å²) in [5, 5.41) is 13.9. The smallest absolute Gasteiger partial charge is 0.177 e. The van der Waals surface area contributed by atoms with Gasteiger partial charge < -0.3 is 0 Å². The molecule has 1 unspecified atom stereocenters. The molecule has 0 radical (unpaired) electrons. The summed E-state index contributed by atoms with van der Waals surface area (Å²) >= 11 is 0. The van der Waals surface area contributed by atoms with Crippen LogP contribution < -0.4 is 0 Å². The molecule has 0 aliphatic heterocycles. The third-order valence-electron chi connectivity index (χ3n) is 3.86. The molecule has 0 saturated carbocycles. The summed E-state index contributed by atoms with van der Waals surface area (Å²) in [5.41, 5.74) is 2.94. The monoisotopic (exact) mass is 258 g/mol. The Morgan fingerprint density at radius 2 is 2.26 bits per heavy atom. The molecule has 1 aliphatic carbocycles. The molecule has 2 rings (SSSR count). The lowest BCUT2D eigenvalue weighted by Crippen LogP contribution is -2.26. The summed E-state index contributed by atoms with van der Waals surface area (Å²) in [7, 11) is 0. The van der Waals surface area contributed by atoms with Crippen LogP contribution >= 0.6 is 0 Å². The van der Waals surface area contributed by atoms with Gasteiger partial charge in [0.25, 0.3) is 0 Å². The van der Waals surface area contributed by atoms with Gasteiger partial charge in [0.2, 0.25) is 0 Å². The second kappa shape index (κ2) is 5.51. The maximum Gasteiger partial charge on any atom is 0.197 e. The quantitative estimate of drug-likeness (QED) is 0.666. The predicted octanol–water partition coefficient (Wildman–Crippen LogP) is 3.54. The van der Waals surface area contributed by atoms with E-state index in [0.29, 0.717) is 17.2 Å². The van der Waals surface area contributed by atoms with Gasteiger partial charge in [-0.25, -0.2) is 0 Å². The first-order chi connectivity index (χ1) is 8.99. The number of rotatable bonds is 3. The van der Waals surface area contributed by atoms with E-state index in [1.165, 1.54) is 18.4 Å². The standard InChI is InChI=1S/C15H22N4/c1-11(10-14-16-18-19-17-14)7-8-13-12(2)6-5-9-15(13,3)4/h6-8,10,13H,5,9H2,1-4H3,(H,16,17,18,19)/b8-7+,11-10+. The van der Waals surface area contributed by atoms with Crippen LogP contribution in [-0.4, -0.2) is 20.6 Å². The number of aromatic amines is 1. The van der Waals surface area contributed by atoms with Crippen molar-refractivity contribution in [1.29, 1.82) is 0 Å². The Morgan fingerprint density at radius 3 is 2.89 bits per heavy atom. The first-order valence-electron chi connectivity index (χ1n) is 6.75. The van der Waals surface area contributed by atoms with Gasteiger partial charge in [-0.3, -0.25) is 0 Å². The first-order valence-corrected chi connectivity index (χ1v) is 6.75. The molecular formula is C15H22N4. The van der Waals surface area contributed by atoms with Crippen LogP contribution in [0.1, 0.15) is 46.4 Å². The lowest BCUT2D eigenvalue weighted by atomic mass is 9.68. The average molecular weight is 258 g/mol. The zero-order valence-corrected chi connectivity index (χ0v) is 12.1. The van der Waals surface area contributed by atoms with Gasteiger partial charge >= 0.3 is 0 Å². The fraction of sp³-hybridized carbons (Fsp3) is 0.533. The summed E-state index contributed by atoms with van der Waals surface area (Å²) in [5.74, 6) is 1.13. The van der Waals surface area contributed by atoms with E-state index in [4.69, 9.17) is 0 Å². The lowest BCUT2D eigenvalue weighted by molar-refractivity contribution is 0.255. The molecule has 1 aromatic heterocycles. The van der Waals surface area contributed by atoms with Crippen LogP contribution in [-0.2, 0) is 0 Å². The Balaban J connectivity index is 2.13. The van der Waals surface area contributed by atoms with Crippen LogP contribution in [0.5, 0.6) is 0 Å². The first kappa shape index (κ1) is 13.7. The maximum atomic E-state index is 3.93. The summed E-state index contributed by atoms with van der Waals surface area (Å²) in [4.78, 5) is 0. The van der Waals surface area contributed by atoms with Gasteiger partial charge in [-0.1, -0.05) is 37.6 Å². The fourth-order valence-corrected chi connectivity index (χ4v) is 2.71. The minimum atomic E-state index is 0.335. The van der Waals surface area contributed by atoms with Gasteiger partial charge in [-0.15, -0.1) is 10.2 Å². The zero-order valence-electron chi connectivity index (χ0n) is 12.1. The molecule has 0 fully saturated rings. The van der Waals surface area contributed by atoms with E-state index in [2.05, 4.69) is 66.5 Å². The van der Waals surface area contributed by atoms with Crippen LogP contribution in [0.15, 0.2) is 29.4 Å². The van der Waals surface area contributed by atoms with Crippen molar-refractivity contribution in [2.75, 3.05) is 0 Å². The van der Waals surface area contributed by atoms with E-state index < -0.39 is 0 Å². The van der Waals surface area contributed by atoms with Crippen molar-refractivity contribution >= 4 is 6.08 Å². The molecule has 4 nitrogen and oxygen atoms in total. The molecule has 0 amide bonds. The van der Waals surface area contributed by atoms with E-state index in [1.807, 2.05) is 6.08 Å². The third kappa shape index (κ3) is 3.40. The van der Waals surface area contributed by atoms with E-state index in [0.717, 1.165) is 5.57 Å². The van der Waals surface area contributed by atoms with Crippen LogP contribution in [0.2, 0.25) is 0 Å². The Kier molecular flexibility index (Phi) is 3.98. The second-order valence-corrected chi connectivity index (χ2v) is 5.97. The Labute approximate surface area is 114 Å². The van der Waals surface area contributed by atoms with Crippen molar-refractivity contribution in [1.82, 2.24) is 20.6 Å². The van der Waals surface area contributed by atoms with Crippen LogP contribution in [0.4, 0.5) is 0 Å². The van der Waals surface area contributed by atoms with Crippen molar-refractivity contribution in [3.8, 4) is 0 Å². The van der Waals surface area contributed by atoms with E-state index >= 15 is 0 Å². The SMILES string of the molecule is CC1=CCCC(C)(C)C1/C=C/C(C)=C/c1nn[nH]n1. The van der Waals surface area contributed by atoms with Gasteiger partial charge in [0.05, 0.1) is 0 Å². The highest BCUT2D eigenvalue weighted by atomic mass is 15.5. The van der Waals surface area contributed by atoms with E-state index in [9.17, 15) is 0 Å². The van der Waals surface area contributed by atoms with Crippen LogP contribution in [0, 0.1) is 11.3 Å². The highest BCUT2D eigenvalue weighted by Crippen LogP contribution is 2.41. The minimum absolute atomic E-state index is 0.335. The molecule has 1 heterocycles. The highest BCUT2D eigenvalue weighted by Gasteiger charge is 2.30. The molecule has 102 valence electrons. The molecule has 4 heteroatoms. The van der Waals surface area contributed by atoms with Crippen molar-refractivity contribution < 1.29 is 0 Å². The second-order valence-electron chi connectivity index (χ2n) is 5.97. The lowest BCUT2D eigenvalue weighted by Gasteiger charge is -2.36. The molecule has 1 atom stereocenters. The number of allylic oxidation sites excluding steroid dienone is 5. The van der Waals surface area contributed by atoms with Gasteiger partial charge in [-0.05, 0) is 49.0 Å². The molecule has 0 spiro atoms. The van der Waals surface area contributed by atoms with Crippen molar-refractivity contribution in [2.24, 2.45) is 11.3 Å². The van der Waals surface area contributed by atoms with Crippen molar-refractivity contribution in [3.05, 3.63) is 35.2 Å². The van der Waals surface area contributed by atoms with Crippen molar-refractivity contribution in [3.63, 3.8) is 0 Å². The number of aromatic nitrogens is 4. The Hall–Kier alpha value is -1.71. The third-order valence-corrected chi connectivity index (χ3v) is 3.86. The number of hydrogen-bond donors (Lipinski definition) is 1. The summed E-state index contributed by atoms with van der Waals surface area (Å²) < 4.78 is 0. The molecule has 1 aliphatic rings. The van der Waals surface area contributed by atoms with Gasteiger partial charge in [-0.2, -0.15) is 5.21 Å². The molecule has 0 saturated heterocycles. The topological polar surface area (TPSA) is 54.5 Å². The molecular weight excluding hydrogens is 236 g/mol. The van der Waals surface area contributed by atoms with Gasteiger partial charge in [0, 0.05) is 5.92 Å². The molecule has 1 aromatic rings. The predicted molar refractivity (Wildman–Crippen MR) is 77.2 cm³/mol. The summed E-state index contributed by atoms with van der Waals surface area (Å²) in [6.45, 7) is 8.98. The number of hydrogen-bond acceptors (Lipinski definition) is 3. The number of H-pyrrole nitrogens is 1. The van der Waals surface area contributed by atoms with Crippen LogP contribution in [0.3, 0.4) is 0 Å². The highest BCUT2D eigenvalue weighted by molar-refractivity contribution is 5.47. The van der Waals surface area contributed by atoms with Gasteiger partial charge in [0.1, 0.15) is 0 Å². The molecule has 1 N–H and O–H groups in total.